The number of carboxylic acid groups (broad SMARTS) is 1. The largest absolute Gasteiger partial charge is 0.481 e. The molecule has 0 saturated heterocycles. The lowest BCUT2D eigenvalue weighted by Gasteiger charge is -2.14. The third kappa shape index (κ3) is 5.73. The van der Waals surface area contributed by atoms with Crippen LogP contribution in [0.25, 0.3) is 0 Å². The number of nitrogens with zero attached hydrogens (tertiary/aromatic N) is 1. The lowest BCUT2D eigenvalue weighted by molar-refractivity contribution is -0.137. The molecule has 1 N–H and O–H groups in total. The molecular weight excluding hydrogens is 342 g/mol. The van der Waals surface area contributed by atoms with Crippen molar-refractivity contribution in [2.45, 2.75) is 19.3 Å². The second-order valence-electron chi connectivity index (χ2n) is 4.49. The van der Waals surface area contributed by atoms with Crippen molar-refractivity contribution in [3.8, 4) is 0 Å². The highest BCUT2D eigenvalue weighted by molar-refractivity contribution is 9.10. The van der Waals surface area contributed by atoms with Crippen LogP contribution in [0.15, 0.2) is 22.9 Å². The second kappa shape index (κ2) is 8.63. The molecule has 114 valence electrons. The van der Waals surface area contributed by atoms with Crippen LogP contribution in [-0.2, 0) is 14.3 Å². The zero-order chi connectivity index (χ0) is 15.8. The number of hydrogen-bond donors (Lipinski definition) is 1. The molecule has 0 aliphatic carbocycles. The molecule has 1 aromatic rings. The summed E-state index contributed by atoms with van der Waals surface area (Å²) in [4.78, 5) is 38.8. The first-order valence-corrected chi connectivity index (χ1v) is 7.13. The van der Waals surface area contributed by atoms with Crippen LogP contribution in [0.2, 0.25) is 0 Å². The Morgan fingerprint density at radius 1 is 1.38 bits per heavy atom. The molecule has 0 spiro atoms. The van der Waals surface area contributed by atoms with Crippen LogP contribution < -0.4 is 0 Å². The molecule has 0 aromatic carbocycles. The van der Waals surface area contributed by atoms with E-state index in [0.717, 1.165) is 0 Å². The van der Waals surface area contributed by atoms with Crippen molar-refractivity contribution in [3.63, 3.8) is 0 Å². The van der Waals surface area contributed by atoms with Crippen LogP contribution >= 0.6 is 15.9 Å². The standard InChI is InChI=1S/C14H16BrNO5/c1-21-8-12(17)11(3-2-4-13(18)19)14(20)9-5-10(15)7-16-6-9/h5-7,11H,2-4,8H2,1H3,(H,18,19). The normalized spacial score (nSPS) is 11.9. The van der Waals surface area contributed by atoms with Crippen LogP contribution in [0.1, 0.15) is 29.6 Å². The first-order valence-electron chi connectivity index (χ1n) is 6.34. The highest BCUT2D eigenvalue weighted by atomic mass is 79.9. The van der Waals surface area contributed by atoms with Crippen LogP contribution in [-0.4, -0.2) is 41.3 Å². The van der Waals surface area contributed by atoms with Crippen LogP contribution in [0.4, 0.5) is 0 Å². The van der Waals surface area contributed by atoms with Crippen molar-refractivity contribution in [1.82, 2.24) is 4.98 Å². The van der Waals surface area contributed by atoms with Gasteiger partial charge in [-0.2, -0.15) is 0 Å². The molecule has 0 radical (unpaired) electrons. The van der Waals surface area contributed by atoms with Gasteiger partial charge in [0.25, 0.3) is 0 Å². The van der Waals surface area contributed by atoms with Gasteiger partial charge in [0.15, 0.2) is 11.6 Å². The van der Waals surface area contributed by atoms with Gasteiger partial charge in [-0.15, -0.1) is 0 Å². The molecule has 1 heterocycles. The second-order valence-corrected chi connectivity index (χ2v) is 5.41. The Hall–Kier alpha value is -1.60. The van der Waals surface area contributed by atoms with E-state index in [9.17, 15) is 14.4 Å². The Labute approximate surface area is 130 Å². The molecule has 0 fully saturated rings. The monoisotopic (exact) mass is 357 g/mol. The number of Topliss-reactive ketones (excluding diaryl/α,β-unsaturated/α-hetero) is 2. The van der Waals surface area contributed by atoms with Gasteiger partial charge >= 0.3 is 5.97 Å². The minimum atomic E-state index is -0.954. The van der Waals surface area contributed by atoms with Gasteiger partial charge in [-0.1, -0.05) is 0 Å². The van der Waals surface area contributed by atoms with Crippen LogP contribution in [0, 0.1) is 5.92 Å². The van der Waals surface area contributed by atoms with Gasteiger partial charge in [0.2, 0.25) is 0 Å². The topological polar surface area (TPSA) is 93.6 Å². The van der Waals surface area contributed by atoms with E-state index in [1.54, 1.807) is 6.07 Å². The molecule has 1 aromatic heterocycles. The molecule has 0 saturated carbocycles. The number of carbonyl (C=O) groups is 3. The Morgan fingerprint density at radius 2 is 2.10 bits per heavy atom. The predicted molar refractivity (Wildman–Crippen MR) is 78.1 cm³/mol. The number of aliphatic carboxylic acids is 1. The number of ether oxygens (including phenoxy) is 1. The molecule has 7 heteroatoms. The number of hydrogen-bond acceptors (Lipinski definition) is 5. The smallest absolute Gasteiger partial charge is 0.303 e. The summed E-state index contributed by atoms with van der Waals surface area (Å²) in [5.41, 5.74) is 0.314. The van der Waals surface area contributed by atoms with E-state index in [4.69, 9.17) is 9.84 Å². The summed E-state index contributed by atoms with van der Waals surface area (Å²) in [5, 5.41) is 8.65. The van der Waals surface area contributed by atoms with Crippen molar-refractivity contribution < 1.29 is 24.2 Å². The number of aromatic nitrogens is 1. The van der Waals surface area contributed by atoms with E-state index in [-0.39, 0.29) is 37.4 Å². The molecule has 0 bridgehead atoms. The maximum Gasteiger partial charge on any atom is 0.303 e. The van der Waals surface area contributed by atoms with Gasteiger partial charge in [-0.25, -0.2) is 0 Å². The number of carbonyl (C=O) groups excluding carboxylic acids is 2. The Kier molecular flexibility index (Phi) is 7.18. The number of carboxylic acids is 1. The molecule has 0 aliphatic heterocycles. The van der Waals surface area contributed by atoms with E-state index < -0.39 is 11.9 Å². The summed E-state index contributed by atoms with van der Waals surface area (Å²) in [6, 6.07) is 1.58. The quantitative estimate of drug-likeness (QED) is 0.537. The number of halogens is 1. The molecule has 1 rings (SSSR count). The van der Waals surface area contributed by atoms with E-state index in [0.29, 0.717) is 10.0 Å². The highest BCUT2D eigenvalue weighted by Gasteiger charge is 2.27. The fourth-order valence-electron chi connectivity index (χ4n) is 1.89. The zero-order valence-electron chi connectivity index (χ0n) is 11.5. The van der Waals surface area contributed by atoms with Gasteiger partial charge in [-0.05, 0) is 34.8 Å². The number of ketones is 2. The van der Waals surface area contributed by atoms with Crippen molar-refractivity contribution in [2.24, 2.45) is 5.92 Å². The van der Waals surface area contributed by atoms with Crippen LogP contribution in [0.3, 0.4) is 0 Å². The number of methoxy groups -OCH3 is 1. The molecule has 1 atom stereocenters. The predicted octanol–water partition coefficient (Wildman–Crippen LogP) is 2.11. The third-order valence-corrected chi connectivity index (χ3v) is 3.30. The lowest BCUT2D eigenvalue weighted by atomic mass is 9.90. The summed E-state index contributed by atoms with van der Waals surface area (Å²) >= 11 is 3.22. The molecule has 21 heavy (non-hydrogen) atoms. The Balaban J connectivity index is 2.86. The molecule has 0 aliphatic rings. The van der Waals surface area contributed by atoms with E-state index in [1.807, 2.05) is 0 Å². The summed E-state index contributed by atoms with van der Waals surface area (Å²) in [6.45, 7) is -0.176. The average molecular weight is 358 g/mol. The first kappa shape index (κ1) is 17.5. The van der Waals surface area contributed by atoms with Gasteiger partial charge < -0.3 is 9.84 Å². The lowest BCUT2D eigenvalue weighted by Crippen LogP contribution is -2.27. The van der Waals surface area contributed by atoms with Crippen molar-refractivity contribution >= 4 is 33.5 Å². The summed E-state index contributed by atoms with van der Waals surface area (Å²) in [5.74, 6) is -2.57. The Bertz CT molecular complexity index is 532. The van der Waals surface area contributed by atoms with E-state index >= 15 is 0 Å². The minimum absolute atomic E-state index is 0.0826. The number of rotatable bonds is 9. The maximum atomic E-state index is 12.4. The number of pyridine rings is 1. The highest BCUT2D eigenvalue weighted by Crippen LogP contribution is 2.19. The van der Waals surface area contributed by atoms with Gasteiger partial charge in [0.05, 0.1) is 5.92 Å². The molecule has 0 amide bonds. The molecule has 1 unspecified atom stereocenters. The molecular formula is C14H16BrNO5. The summed E-state index contributed by atoms with van der Waals surface area (Å²) in [7, 11) is 1.37. The van der Waals surface area contributed by atoms with E-state index in [1.165, 1.54) is 19.5 Å². The molecule has 6 nitrogen and oxygen atoms in total. The van der Waals surface area contributed by atoms with Crippen molar-refractivity contribution in [1.29, 1.82) is 0 Å². The zero-order valence-corrected chi connectivity index (χ0v) is 13.1. The van der Waals surface area contributed by atoms with Crippen LogP contribution in [0.5, 0.6) is 0 Å². The fraction of sp³-hybridized carbons (Fsp3) is 0.429. The average Bonchev–Trinajstić information content (AvgIpc) is 2.43. The van der Waals surface area contributed by atoms with Gasteiger partial charge in [-0.3, -0.25) is 19.4 Å². The SMILES string of the molecule is COCC(=O)C(CCCC(=O)O)C(=O)c1cncc(Br)c1. The minimum Gasteiger partial charge on any atom is -0.481 e. The van der Waals surface area contributed by atoms with Crippen molar-refractivity contribution in [2.75, 3.05) is 13.7 Å². The third-order valence-electron chi connectivity index (χ3n) is 2.86. The fourth-order valence-corrected chi connectivity index (χ4v) is 2.25. The summed E-state index contributed by atoms with van der Waals surface area (Å²) < 4.78 is 5.41. The first-order chi connectivity index (χ1) is 9.95. The Morgan fingerprint density at radius 3 is 2.67 bits per heavy atom. The maximum absolute atomic E-state index is 12.4. The van der Waals surface area contributed by atoms with Gasteiger partial charge in [0.1, 0.15) is 6.61 Å². The van der Waals surface area contributed by atoms with Gasteiger partial charge in [0, 0.05) is 36.0 Å². The summed E-state index contributed by atoms with van der Waals surface area (Å²) in [6.07, 6.45) is 3.27. The van der Waals surface area contributed by atoms with E-state index in [2.05, 4.69) is 20.9 Å². The van der Waals surface area contributed by atoms with Crippen molar-refractivity contribution in [3.05, 3.63) is 28.5 Å².